The number of nitro benzene ring substituents is 1. The fraction of sp³-hybridized carbons (Fsp3) is 0.211. The van der Waals surface area contributed by atoms with E-state index in [2.05, 4.69) is 19.2 Å². The molecule has 25 heavy (non-hydrogen) atoms. The number of carbonyl (C=O) groups excluding carboxylic acids is 1. The molecule has 0 saturated carbocycles. The van der Waals surface area contributed by atoms with Gasteiger partial charge in [0.05, 0.1) is 10.6 Å². The molecule has 0 aliphatic rings. The molecule has 0 bridgehead atoms. The van der Waals surface area contributed by atoms with Crippen LogP contribution in [-0.4, -0.2) is 15.9 Å². The molecule has 0 unspecified atom stereocenters. The lowest BCUT2D eigenvalue weighted by Crippen LogP contribution is -2.08. The van der Waals surface area contributed by atoms with E-state index in [4.69, 9.17) is 0 Å². The molecule has 2 rings (SSSR count). The summed E-state index contributed by atoms with van der Waals surface area (Å²) in [5, 5.41) is 23.4. The summed E-state index contributed by atoms with van der Waals surface area (Å²) in [5.41, 5.74) is 1.83. The molecule has 2 aromatic carbocycles. The predicted octanol–water partition coefficient (Wildman–Crippen LogP) is 4.47. The highest BCUT2D eigenvalue weighted by atomic mass is 16.6. The van der Waals surface area contributed by atoms with Gasteiger partial charge in [-0.25, -0.2) is 0 Å². The largest absolute Gasteiger partial charge is 0.506 e. The minimum Gasteiger partial charge on any atom is -0.506 e. The molecular weight excluding hydrogens is 320 g/mol. The number of phenolic OH excluding ortho intramolecular Hbond substituents is 1. The fourth-order valence-corrected chi connectivity index (χ4v) is 2.28. The first kappa shape index (κ1) is 18.2. The Morgan fingerprint density at radius 3 is 2.72 bits per heavy atom. The van der Waals surface area contributed by atoms with Gasteiger partial charge in [-0.1, -0.05) is 32.0 Å². The Kier molecular flexibility index (Phi) is 5.89. The van der Waals surface area contributed by atoms with E-state index in [0.29, 0.717) is 17.2 Å². The number of rotatable bonds is 6. The molecule has 2 aromatic rings. The van der Waals surface area contributed by atoms with Crippen molar-refractivity contribution in [3.63, 3.8) is 0 Å². The molecule has 2 N–H and O–H groups in total. The summed E-state index contributed by atoms with van der Waals surface area (Å²) >= 11 is 0. The highest BCUT2D eigenvalue weighted by Crippen LogP contribution is 2.29. The highest BCUT2D eigenvalue weighted by molar-refractivity contribution is 6.02. The van der Waals surface area contributed by atoms with E-state index >= 15 is 0 Å². The second kappa shape index (κ2) is 8.10. The topological polar surface area (TPSA) is 92.5 Å². The zero-order valence-electron chi connectivity index (χ0n) is 14.1. The van der Waals surface area contributed by atoms with Gasteiger partial charge in [0.2, 0.25) is 5.91 Å². The summed E-state index contributed by atoms with van der Waals surface area (Å²) in [7, 11) is 0. The van der Waals surface area contributed by atoms with Crippen LogP contribution in [-0.2, 0) is 4.79 Å². The quantitative estimate of drug-likeness (QED) is 0.351. The highest BCUT2D eigenvalue weighted by Gasteiger charge is 2.09. The third-order valence-electron chi connectivity index (χ3n) is 3.97. The normalized spacial score (nSPS) is 12.1. The van der Waals surface area contributed by atoms with Crippen LogP contribution >= 0.6 is 0 Å². The molecule has 0 radical (unpaired) electrons. The van der Waals surface area contributed by atoms with Crippen molar-refractivity contribution in [2.45, 2.75) is 26.2 Å². The zero-order valence-corrected chi connectivity index (χ0v) is 14.1. The number of anilines is 1. The van der Waals surface area contributed by atoms with E-state index < -0.39 is 10.8 Å². The van der Waals surface area contributed by atoms with Gasteiger partial charge < -0.3 is 10.4 Å². The summed E-state index contributed by atoms with van der Waals surface area (Å²) < 4.78 is 0. The molecule has 0 spiro atoms. The van der Waals surface area contributed by atoms with Crippen LogP contribution in [0.3, 0.4) is 0 Å². The Morgan fingerprint density at radius 2 is 2.08 bits per heavy atom. The number of nitrogens with one attached hydrogen (secondary N) is 1. The molecule has 1 amide bonds. The van der Waals surface area contributed by atoms with Crippen LogP contribution in [0, 0.1) is 10.1 Å². The monoisotopic (exact) mass is 340 g/mol. The Morgan fingerprint density at radius 1 is 1.32 bits per heavy atom. The van der Waals surface area contributed by atoms with E-state index in [0.717, 1.165) is 12.0 Å². The first-order chi connectivity index (χ1) is 11.9. The lowest BCUT2D eigenvalue weighted by molar-refractivity contribution is -0.384. The van der Waals surface area contributed by atoms with Gasteiger partial charge in [0, 0.05) is 18.2 Å². The first-order valence-electron chi connectivity index (χ1n) is 7.97. The third-order valence-corrected chi connectivity index (χ3v) is 3.97. The molecule has 6 heteroatoms. The molecular formula is C19H20N2O4. The number of nitro groups is 1. The molecule has 130 valence electrons. The van der Waals surface area contributed by atoms with Crippen LogP contribution in [0.1, 0.15) is 37.3 Å². The maximum atomic E-state index is 12.0. The first-order valence-corrected chi connectivity index (χ1v) is 7.97. The number of non-ortho nitro benzene ring substituents is 1. The Balaban J connectivity index is 2.07. The summed E-state index contributed by atoms with van der Waals surface area (Å²) in [6.45, 7) is 4.13. The second-order valence-corrected chi connectivity index (χ2v) is 5.76. The number of hydrogen-bond acceptors (Lipinski definition) is 4. The summed E-state index contributed by atoms with van der Waals surface area (Å²) in [5.74, 6) is -0.0996. The lowest BCUT2D eigenvalue weighted by atomic mass is 9.98. The zero-order chi connectivity index (χ0) is 18.4. The van der Waals surface area contributed by atoms with E-state index in [9.17, 15) is 20.0 Å². The van der Waals surface area contributed by atoms with Gasteiger partial charge >= 0.3 is 0 Å². The Labute approximate surface area is 146 Å². The number of benzene rings is 2. The average Bonchev–Trinajstić information content (AvgIpc) is 2.61. The Hall–Kier alpha value is -3.15. The van der Waals surface area contributed by atoms with Crippen LogP contribution in [0.2, 0.25) is 0 Å². The maximum Gasteiger partial charge on any atom is 0.270 e. The van der Waals surface area contributed by atoms with Gasteiger partial charge in [-0.15, -0.1) is 0 Å². The lowest BCUT2D eigenvalue weighted by Gasteiger charge is -2.12. The average molecular weight is 340 g/mol. The number of aromatic hydroxyl groups is 1. The van der Waals surface area contributed by atoms with E-state index in [1.54, 1.807) is 24.3 Å². The van der Waals surface area contributed by atoms with E-state index in [-0.39, 0.29) is 11.4 Å². The minimum atomic E-state index is -0.492. The van der Waals surface area contributed by atoms with Gasteiger partial charge in [-0.05, 0) is 41.7 Å². The number of phenols is 1. The smallest absolute Gasteiger partial charge is 0.270 e. The molecule has 6 nitrogen and oxygen atoms in total. The van der Waals surface area contributed by atoms with Crippen molar-refractivity contribution in [3.8, 4) is 5.75 Å². The van der Waals surface area contributed by atoms with E-state index in [1.807, 2.05) is 6.07 Å². The molecule has 0 saturated heterocycles. The van der Waals surface area contributed by atoms with Crippen LogP contribution in [0.4, 0.5) is 11.4 Å². The van der Waals surface area contributed by atoms with Crippen molar-refractivity contribution in [1.29, 1.82) is 0 Å². The van der Waals surface area contributed by atoms with Crippen LogP contribution < -0.4 is 5.32 Å². The van der Waals surface area contributed by atoms with Crippen molar-refractivity contribution in [2.24, 2.45) is 0 Å². The summed E-state index contributed by atoms with van der Waals surface area (Å²) in [6, 6.07) is 11.2. The SMILES string of the molecule is CC[C@H](C)c1ccc(NC(=O)/C=C/c2cccc([N+](=O)[O-])c2)c(O)c1. The molecule has 0 aromatic heterocycles. The summed E-state index contributed by atoms with van der Waals surface area (Å²) in [4.78, 5) is 22.2. The second-order valence-electron chi connectivity index (χ2n) is 5.76. The third kappa shape index (κ3) is 4.91. The van der Waals surface area contributed by atoms with Crippen molar-refractivity contribution >= 4 is 23.4 Å². The standard InChI is InChI=1S/C19H20N2O4/c1-3-13(2)15-8-9-17(18(22)12-15)20-19(23)10-7-14-5-4-6-16(11-14)21(24)25/h4-13,22H,3H2,1-2H3,(H,20,23)/b10-7+/t13-/m0/s1. The van der Waals surface area contributed by atoms with E-state index in [1.165, 1.54) is 24.3 Å². The van der Waals surface area contributed by atoms with Crippen molar-refractivity contribution in [2.75, 3.05) is 5.32 Å². The van der Waals surface area contributed by atoms with Gasteiger partial charge in [0.25, 0.3) is 5.69 Å². The van der Waals surface area contributed by atoms with Crippen LogP contribution in [0.5, 0.6) is 5.75 Å². The van der Waals surface area contributed by atoms with Crippen molar-refractivity contribution in [3.05, 3.63) is 69.8 Å². The van der Waals surface area contributed by atoms with Gasteiger partial charge in [-0.2, -0.15) is 0 Å². The van der Waals surface area contributed by atoms with Crippen molar-refractivity contribution in [1.82, 2.24) is 0 Å². The number of hydrogen-bond donors (Lipinski definition) is 2. The minimum absolute atomic E-state index is 0.00917. The molecule has 0 fully saturated rings. The summed E-state index contributed by atoms with van der Waals surface area (Å²) in [6.07, 6.45) is 3.70. The van der Waals surface area contributed by atoms with Crippen LogP contribution in [0.15, 0.2) is 48.5 Å². The molecule has 1 atom stereocenters. The maximum absolute atomic E-state index is 12.0. The number of amides is 1. The number of carbonyl (C=O) groups is 1. The molecule has 0 aliphatic heterocycles. The van der Waals surface area contributed by atoms with Gasteiger partial charge in [0.15, 0.2) is 0 Å². The number of nitrogens with zero attached hydrogens (tertiary/aromatic N) is 1. The van der Waals surface area contributed by atoms with Gasteiger partial charge in [0.1, 0.15) is 5.75 Å². The van der Waals surface area contributed by atoms with Crippen LogP contribution in [0.25, 0.3) is 6.08 Å². The fourth-order valence-electron chi connectivity index (χ4n) is 2.28. The van der Waals surface area contributed by atoms with Gasteiger partial charge in [-0.3, -0.25) is 14.9 Å². The molecule has 0 heterocycles. The Bertz CT molecular complexity index is 815. The molecule has 0 aliphatic carbocycles. The predicted molar refractivity (Wildman–Crippen MR) is 97.6 cm³/mol. The van der Waals surface area contributed by atoms with Crippen molar-refractivity contribution < 1.29 is 14.8 Å².